The molecule has 5 N–H and O–H groups in total. The van der Waals surface area contributed by atoms with Gasteiger partial charge in [0.25, 0.3) is 0 Å². The van der Waals surface area contributed by atoms with Gasteiger partial charge >= 0.3 is 0 Å². The van der Waals surface area contributed by atoms with Gasteiger partial charge in [0.05, 0.1) is 35.2 Å². The Labute approximate surface area is 112 Å². The van der Waals surface area contributed by atoms with Crippen LogP contribution in [-0.4, -0.2) is 27.4 Å². The zero-order valence-electron chi connectivity index (χ0n) is 10.9. The molecule has 1 fully saturated rings. The first-order chi connectivity index (χ1) is 9.24. The summed E-state index contributed by atoms with van der Waals surface area (Å²) < 4.78 is 0. The summed E-state index contributed by atoms with van der Waals surface area (Å²) >= 11 is 0. The van der Waals surface area contributed by atoms with Crippen molar-refractivity contribution in [2.75, 3.05) is 11.1 Å². The fourth-order valence-corrected chi connectivity index (χ4v) is 2.79. The van der Waals surface area contributed by atoms with E-state index >= 15 is 0 Å². The molecule has 0 spiro atoms. The van der Waals surface area contributed by atoms with E-state index in [1.54, 1.807) is 6.20 Å². The molecule has 5 heteroatoms. The van der Waals surface area contributed by atoms with Gasteiger partial charge in [-0.1, -0.05) is 19.3 Å². The highest BCUT2D eigenvalue weighted by Gasteiger charge is 2.22. The molecule has 2 atom stereocenters. The highest BCUT2D eigenvalue weighted by molar-refractivity contribution is 5.88. The maximum absolute atomic E-state index is 10.2. The Hall–Kier alpha value is -1.75. The Morgan fingerprint density at radius 2 is 2.11 bits per heavy atom. The quantitative estimate of drug-likeness (QED) is 0.492. The van der Waals surface area contributed by atoms with Crippen molar-refractivity contribution >= 4 is 22.3 Å². The summed E-state index contributed by atoms with van der Waals surface area (Å²) in [4.78, 5) is 0. The van der Waals surface area contributed by atoms with Crippen LogP contribution in [0.2, 0.25) is 0 Å². The van der Waals surface area contributed by atoms with Crippen molar-refractivity contribution in [2.24, 2.45) is 0 Å². The third-order valence-electron chi connectivity index (χ3n) is 3.93. The van der Waals surface area contributed by atoms with Crippen molar-refractivity contribution in [1.29, 1.82) is 0 Å². The van der Waals surface area contributed by atoms with Gasteiger partial charge in [-0.15, -0.1) is 0 Å². The number of aliphatic hydroxyl groups is 1. The summed E-state index contributed by atoms with van der Waals surface area (Å²) in [5.74, 6) is 0. The topological polar surface area (TPSA) is 87.0 Å². The Morgan fingerprint density at radius 3 is 3.00 bits per heavy atom. The van der Waals surface area contributed by atoms with Crippen LogP contribution in [0, 0.1) is 0 Å². The van der Waals surface area contributed by atoms with Gasteiger partial charge in [-0.2, -0.15) is 5.10 Å². The minimum absolute atomic E-state index is 0.0881. The smallest absolute Gasteiger partial charge is 0.0741 e. The molecule has 0 amide bonds. The van der Waals surface area contributed by atoms with Crippen molar-refractivity contribution in [3.63, 3.8) is 0 Å². The Balaban J connectivity index is 1.84. The second-order valence-electron chi connectivity index (χ2n) is 5.35. The number of nitrogen functional groups attached to an aromatic ring is 1. The summed E-state index contributed by atoms with van der Waals surface area (Å²) in [5.41, 5.74) is 8.60. The fraction of sp³-hybridized carbons (Fsp3) is 0.500. The summed E-state index contributed by atoms with van der Waals surface area (Å²) in [6.07, 6.45) is 6.78. The third-order valence-corrected chi connectivity index (χ3v) is 3.93. The number of nitrogens with one attached hydrogen (secondary N) is 2. The zero-order valence-corrected chi connectivity index (χ0v) is 10.9. The van der Waals surface area contributed by atoms with Gasteiger partial charge < -0.3 is 16.2 Å². The van der Waals surface area contributed by atoms with Crippen LogP contribution in [0.25, 0.3) is 10.9 Å². The molecular weight excluding hydrogens is 240 g/mol. The number of aromatic amines is 1. The van der Waals surface area contributed by atoms with Crippen LogP contribution in [0.1, 0.15) is 32.1 Å². The molecule has 3 rings (SSSR count). The second kappa shape index (κ2) is 5.09. The van der Waals surface area contributed by atoms with E-state index in [4.69, 9.17) is 5.73 Å². The van der Waals surface area contributed by atoms with Crippen molar-refractivity contribution in [1.82, 2.24) is 10.2 Å². The number of nitrogens with two attached hydrogens (primary N) is 1. The molecule has 2 unspecified atom stereocenters. The van der Waals surface area contributed by atoms with Crippen LogP contribution in [0.3, 0.4) is 0 Å². The van der Waals surface area contributed by atoms with E-state index in [-0.39, 0.29) is 12.1 Å². The van der Waals surface area contributed by atoms with Gasteiger partial charge in [-0.3, -0.25) is 5.10 Å². The average Bonchev–Trinajstić information content (AvgIpc) is 2.74. The van der Waals surface area contributed by atoms with Gasteiger partial charge in [0.15, 0.2) is 0 Å². The van der Waals surface area contributed by atoms with Gasteiger partial charge in [-0.25, -0.2) is 0 Å². The number of rotatable bonds is 2. The molecule has 102 valence electrons. The lowest BCUT2D eigenvalue weighted by Crippen LogP contribution is -2.32. The van der Waals surface area contributed by atoms with E-state index in [1.807, 2.05) is 12.1 Å². The Bertz CT molecular complexity index is 566. The summed E-state index contributed by atoms with van der Waals surface area (Å²) in [7, 11) is 0. The first-order valence-electron chi connectivity index (χ1n) is 6.91. The first kappa shape index (κ1) is 12.3. The maximum Gasteiger partial charge on any atom is 0.0741 e. The number of fused-ring (bicyclic) bond motifs is 1. The summed E-state index contributed by atoms with van der Waals surface area (Å²) in [6, 6.07) is 3.96. The molecule has 2 aromatic rings. The molecule has 1 saturated carbocycles. The van der Waals surface area contributed by atoms with Gasteiger partial charge in [-0.05, 0) is 25.0 Å². The van der Waals surface area contributed by atoms with E-state index in [2.05, 4.69) is 15.5 Å². The lowest BCUT2D eigenvalue weighted by Gasteiger charge is -2.23. The molecule has 0 saturated heterocycles. The molecule has 0 radical (unpaired) electrons. The minimum atomic E-state index is -0.292. The van der Waals surface area contributed by atoms with E-state index in [0.717, 1.165) is 42.3 Å². The van der Waals surface area contributed by atoms with Crippen LogP contribution in [0.15, 0.2) is 18.3 Å². The normalized spacial score (nSPS) is 24.3. The number of anilines is 2. The molecule has 1 aromatic heterocycles. The molecule has 5 nitrogen and oxygen atoms in total. The second-order valence-corrected chi connectivity index (χ2v) is 5.35. The van der Waals surface area contributed by atoms with Crippen molar-refractivity contribution < 1.29 is 5.11 Å². The number of H-pyrrole nitrogens is 1. The van der Waals surface area contributed by atoms with E-state index < -0.39 is 0 Å². The van der Waals surface area contributed by atoms with Gasteiger partial charge in [0, 0.05) is 5.39 Å². The van der Waals surface area contributed by atoms with Crippen LogP contribution in [0.4, 0.5) is 11.4 Å². The molecule has 1 aliphatic carbocycles. The molecule has 0 bridgehead atoms. The molecular formula is C14H20N4O. The Kier molecular flexibility index (Phi) is 3.29. The van der Waals surface area contributed by atoms with Gasteiger partial charge in [0.2, 0.25) is 0 Å². The van der Waals surface area contributed by atoms with Crippen molar-refractivity contribution in [3.8, 4) is 0 Å². The number of hydrogen-bond acceptors (Lipinski definition) is 4. The fourth-order valence-electron chi connectivity index (χ4n) is 2.79. The standard InChI is InChI=1S/C14H20N4O/c15-10-6-9-8-16-18-12(9)7-13(10)17-11-4-2-1-3-5-14(11)19/h6-8,11,14,17,19H,1-5,15H2,(H,16,18). The SMILES string of the molecule is Nc1cc2cn[nH]c2cc1NC1CCCCCC1O. The first-order valence-corrected chi connectivity index (χ1v) is 6.91. The molecule has 1 heterocycles. The average molecular weight is 260 g/mol. The van der Waals surface area contributed by atoms with Crippen LogP contribution in [-0.2, 0) is 0 Å². The lowest BCUT2D eigenvalue weighted by molar-refractivity contribution is 0.144. The third kappa shape index (κ3) is 2.51. The number of hydrogen-bond donors (Lipinski definition) is 4. The highest BCUT2D eigenvalue weighted by atomic mass is 16.3. The molecule has 1 aromatic carbocycles. The predicted octanol–water partition coefficient (Wildman–Crippen LogP) is 2.25. The van der Waals surface area contributed by atoms with Crippen LogP contribution >= 0.6 is 0 Å². The van der Waals surface area contributed by atoms with E-state index in [0.29, 0.717) is 5.69 Å². The molecule has 0 aliphatic heterocycles. The van der Waals surface area contributed by atoms with Crippen molar-refractivity contribution in [3.05, 3.63) is 18.3 Å². The monoisotopic (exact) mass is 260 g/mol. The minimum Gasteiger partial charge on any atom is -0.397 e. The molecule has 1 aliphatic rings. The van der Waals surface area contributed by atoms with Crippen LogP contribution < -0.4 is 11.1 Å². The summed E-state index contributed by atoms with van der Waals surface area (Å²) in [6.45, 7) is 0. The summed E-state index contributed by atoms with van der Waals surface area (Å²) in [5, 5.41) is 21.5. The molecule has 19 heavy (non-hydrogen) atoms. The highest BCUT2D eigenvalue weighted by Crippen LogP contribution is 2.28. The van der Waals surface area contributed by atoms with E-state index in [9.17, 15) is 5.11 Å². The number of benzene rings is 1. The number of aliphatic hydroxyl groups excluding tert-OH is 1. The predicted molar refractivity (Wildman–Crippen MR) is 77.0 cm³/mol. The number of aromatic nitrogens is 2. The van der Waals surface area contributed by atoms with E-state index in [1.165, 1.54) is 6.42 Å². The largest absolute Gasteiger partial charge is 0.397 e. The number of nitrogens with zero attached hydrogens (tertiary/aromatic N) is 1. The van der Waals surface area contributed by atoms with Gasteiger partial charge in [0.1, 0.15) is 0 Å². The van der Waals surface area contributed by atoms with Crippen LogP contribution in [0.5, 0.6) is 0 Å². The zero-order chi connectivity index (χ0) is 13.2. The maximum atomic E-state index is 10.2. The Morgan fingerprint density at radius 1 is 1.26 bits per heavy atom. The van der Waals surface area contributed by atoms with Crippen molar-refractivity contribution in [2.45, 2.75) is 44.2 Å². The lowest BCUT2D eigenvalue weighted by atomic mass is 10.1.